The van der Waals surface area contributed by atoms with Gasteiger partial charge in [-0.25, -0.2) is 5.84 Å². The zero-order valence-corrected chi connectivity index (χ0v) is 11.5. The topological polar surface area (TPSA) is 68.0 Å². The molecule has 0 aliphatic heterocycles. The first-order valence-corrected chi connectivity index (χ1v) is 6.89. The van der Waals surface area contributed by atoms with Gasteiger partial charge < -0.3 is 0 Å². The number of benzene rings is 1. The Labute approximate surface area is 120 Å². The number of carbonyl (C=O) groups excluding carboxylic acids is 1. The maximum absolute atomic E-state index is 11.4. The molecule has 0 saturated carbocycles. The number of carbonyl (C=O) groups is 1. The van der Waals surface area contributed by atoms with Crippen LogP contribution in [-0.2, 0) is 5.75 Å². The van der Waals surface area contributed by atoms with Crippen molar-refractivity contribution in [1.82, 2.24) is 10.4 Å². The lowest BCUT2D eigenvalue weighted by atomic mass is 10.2. The number of rotatable bonds is 4. The average molecular weight is 294 g/mol. The molecule has 0 radical (unpaired) electrons. The maximum Gasteiger partial charge on any atom is 0.283 e. The van der Waals surface area contributed by atoms with Crippen LogP contribution < -0.4 is 11.3 Å². The molecule has 0 spiro atoms. The zero-order chi connectivity index (χ0) is 13.7. The first-order valence-electron chi connectivity index (χ1n) is 5.53. The Hall–Kier alpha value is -1.56. The number of nitrogens with two attached hydrogens (primary N) is 1. The fourth-order valence-electron chi connectivity index (χ4n) is 1.45. The predicted octanol–water partition coefficient (Wildman–Crippen LogP) is 2.63. The molecule has 4 nitrogen and oxygen atoms in total. The molecule has 0 saturated heterocycles. The fraction of sp³-hybridized carbons (Fsp3) is 0.0769. The molecular weight excluding hydrogens is 282 g/mol. The number of nitrogens with one attached hydrogen (secondary N) is 1. The molecule has 0 bridgehead atoms. The second kappa shape index (κ2) is 6.56. The summed E-state index contributed by atoms with van der Waals surface area (Å²) in [6, 6.07) is 11.2. The van der Waals surface area contributed by atoms with Crippen molar-refractivity contribution in [1.29, 1.82) is 0 Å². The number of nitrogen functional groups attached to an aromatic ring is 1. The summed E-state index contributed by atoms with van der Waals surface area (Å²) in [7, 11) is 0. The van der Waals surface area contributed by atoms with Gasteiger partial charge in [0.05, 0.1) is 0 Å². The SMILES string of the molecule is NNC(=O)c1cc(SCc2ccc(Cl)cc2)ccn1. The number of aromatic nitrogens is 1. The molecule has 0 aliphatic carbocycles. The molecule has 1 amide bonds. The highest BCUT2D eigenvalue weighted by Gasteiger charge is 2.06. The van der Waals surface area contributed by atoms with Gasteiger partial charge in [-0.1, -0.05) is 23.7 Å². The van der Waals surface area contributed by atoms with Crippen LogP contribution in [0.1, 0.15) is 16.1 Å². The van der Waals surface area contributed by atoms with Crippen LogP contribution >= 0.6 is 23.4 Å². The third-order valence-electron chi connectivity index (χ3n) is 2.41. The van der Waals surface area contributed by atoms with Gasteiger partial charge in [0.1, 0.15) is 5.69 Å². The van der Waals surface area contributed by atoms with Crippen molar-refractivity contribution in [3.63, 3.8) is 0 Å². The number of halogens is 1. The van der Waals surface area contributed by atoms with E-state index in [1.807, 2.05) is 30.3 Å². The summed E-state index contributed by atoms with van der Waals surface area (Å²) in [6.45, 7) is 0. The summed E-state index contributed by atoms with van der Waals surface area (Å²) in [5.41, 5.74) is 3.54. The minimum atomic E-state index is -0.394. The molecule has 6 heteroatoms. The Morgan fingerprint density at radius 2 is 2.05 bits per heavy atom. The zero-order valence-electron chi connectivity index (χ0n) is 9.97. The molecule has 0 atom stereocenters. The van der Waals surface area contributed by atoms with E-state index in [1.54, 1.807) is 24.0 Å². The van der Waals surface area contributed by atoms with E-state index in [-0.39, 0.29) is 0 Å². The molecule has 2 aromatic rings. The molecule has 2 rings (SSSR count). The highest BCUT2D eigenvalue weighted by Crippen LogP contribution is 2.23. The summed E-state index contributed by atoms with van der Waals surface area (Å²) in [4.78, 5) is 16.3. The largest absolute Gasteiger partial charge is 0.289 e. The van der Waals surface area contributed by atoms with Crippen LogP contribution in [-0.4, -0.2) is 10.9 Å². The Bertz CT molecular complexity index is 574. The summed E-state index contributed by atoms with van der Waals surface area (Å²) in [6.07, 6.45) is 1.59. The van der Waals surface area contributed by atoms with E-state index in [1.165, 1.54) is 0 Å². The monoisotopic (exact) mass is 293 g/mol. The van der Waals surface area contributed by atoms with Crippen LogP contribution in [0.15, 0.2) is 47.5 Å². The first-order chi connectivity index (χ1) is 9.19. The van der Waals surface area contributed by atoms with Gasteiger partial charge in [0.15, 0.2) is 0 Å². The van der Waals surface area contributed by atoms with Crippen molar-refractivity contribution in [3.8, 4) is 0 Å². The van der Waals surface area contributed by atoms with E-state index < -0.39 is 5.91 Å². The van der Waals surface area contributed by atoms with Crippen molar-refractivity contribution < 1.29 is 4.79 Å². The number of thioether (sulfide) groups is 1. The van der Waals surface area contributed by atoms with Gasteiger partial charge in [0, 0.05) is 21.9 Å². The van der Waals surface area contributed by atoms with Crippen LogP contribution in [0.25, 0.3) is 0 Å². The van der Waals surface area contributed by atoms with E-state index in [9.17, 15) is 4.79 Å². The Balaban J connectivity index is 2.03. The normalized spacial score (nSPS) is 10.2. The van der Waals surface area contributed by atoms with Gasteiger partial charge in [-0.15, -0.1) is 11.8 Å². The summed E-state index contributed by atoms with van der Waals surface area (Å²) < 4.78 is 0. The lowest BCUT2D eigenvalue weighted by Gasteiger charge is -2.04. The number of hydrogen-bond donors (Lipinski definition) is 2. The molecule has 3 N–H and O–H groups in total. The average Bonchev–Trinajstić information content (AvgIpc) is 2.46. The van der Waals surface area contributed by atoms with Gasteiger partial charge >= 0.3 is 0 Å². The second-order valence-corrected chi connectivity index (χ2v) is 5.25. The van der Waals surface area contributed by atoms with Gasteiger partial charge in [-0.3, -0.25) is 15.2 Å². The molecule has 1 aromatic carbocycles. The number of nitrogens with zero attached hydrogens (tertiary/aromatic N) is 1. The minimum Gasteiger partial charge on any atom is -0.289 e. The lowest BCUT2D eigenvalue weighted by molar-refractivity contribution is 0.0948. The molecule has 1 heterocycles. The molecule has 1 aromatic heterocycles. The van der Waals surface area contributed by atoms with Crippen LogP contribution in [0.5, 0.6) is 0 Å². The molecular formula is C13H12ClN3OS. The first kappa shape index (κ1) is 13.9. The number of hydrogen-bond acceptors (Lipinski definition) is 4. The highest BCUT2D eigenvalue weighted by atomic mass is 35.5. The Morgan fingerprint density at radius 3 is 2.74 bits per heavy atom. The van der Waals surface area contributed by atoms with Crippen LogP contribution in [0.2, 0.25) is 5.02 Å². The van der Waals surface area contributed by atoms with Gasteiger partial charge in [0.2, 0.25) is 0 Å². The number of amides is 1. The van der Waals surface area contributed by atoms with Crippen molar-refractivity contribution in [3.05, 3.63) is 58.9 Å². The van der Waals surface area contributed by atoms with Crippen molar-refractivity contribution in [2.75, 3.05) is 0 Å². The molecule has 0 unspecified atom stereocenters. The van der Waals surface area contributed by atoms with Crippen molar-refractivity contribution in [2.45, 2.75) is 10.6 Å². The van der Waals surface area contributed by atoms with Crippen LogP contribution in [0.4, 0.5) is 0 Å². The fourth-order valence-corrected chi connectivity index (χ4v) is 2.45. The Morgan fingerprint density at radius 1 is 1.32 bits per heavy atom. The number of pyridine rings is 1. The van der Waals surface area contributed by atoms with E-state index in [0.717, 1.165) is 21.2 Å². The summed E-state index contributed by atoms with van der Waals surface area (Å²) in [5, 5.41) is 0.722. The molecule has 19 heavy (non-hydrogen) atoms. The smallest absolute Gasteiger partial charge is 0.283 e. The quantitative estimate of drug-likeness (QED) is 0.393. The van der Waals surface area contributed by atoms with E-state index in [0.29, 0.717) is 5.69 Å². The summed E-state index contributed by atoms with van der Waals surface area (Å²) in [5.74, 6) is 5.48. The lowest BCUT2D eigenvalue weighted by Crippen LogP contribution is -2.30. The van der Waals surface area contributed by atoms with Gasteiger partial charge in [-0.2, -0.15) is 0 Å². The Kier molecular flexibility index (Phi) is 4.79. The molecule has 98 valence electrons. The molecule has 0 aliphatic rings. The van der Waals surface area contributed by atoms with E-state index in [4.69, 9.17) is 17.4 Å². The molecule has 0 fully saturated rings. The van der Waals surface area contributed by atoms with Crippen molar-refractivity contribution in [2.24, 2.45) is 5.84 Å². The van der Waals surface area contributed by atoms with Gasteiger partial charge in [0.25, 0.3) is 5.91 Å². The third kappa shape index (κ3) is 3.96. The minimum absolute atomic E-state index is 0.309. The van der Waals surface area contributed by atoms with E-state index in [2.05, 4.69) is 10.4 Å². The standard InChI is InChI=1S/C13H12ClN3OS/c14-10-3-1-9(2-4-10)8-19-11-5-6-16-12(7-11)13(18)17-15/h1-7H,8,15H2,(H,17,18). The second-order valence-electron chi connectivity index (χ2n) is 3.77. The van der Waals surface area contributed by atoms with Crippen molar-refractivity contribution >= 4 is 29.3 Å². The van der Waals surface area contributed by atoms with Crippen LogP contribution in [0.3, 0.4) is 0 Å². The van der Waals surface area contributed by atoms with E-state index >= 15 is 0 Å². The third-order valence-corrected chi connectivity index (χ3v) is 3.73. The van der Waals surface area contributed by atoms with Gasteiger partial charge in [-0.05, 0) is 29.8 Å². The summed E-state index contributed by atoms with van der Waals surface area (Å²) >= 11 is 7.45. The van der Waals surface area contributed by atoms with Crippen LogP contribution in [0, 0.1) is 0 Å². The maximum atomic E-state index is 11.4. The predicted molar refractivity (Wildman–Crippen MR) is 76.9 cm³/mol. The highest BCUT2D eigenvalue weighted by molar-refractivity contribution is 7.98. The number of hydrazine groups is 1.